The number of hydrogen-bond acceptors (Lipinski definition) is 4. The van der Waals surface area contributed by atoms with Gasteiger partial charge in [0.05, 0.1) is 5.69 Å². The largest absolute Gasteiger partial charge is 0.298 e. The Morgan fingerprint density at radius 3 is 2.77 bits per heavy atom. The fourth-order valence-electron chi connectivity index (χ4n) is 3.60. The van der Waals surface area contributed by atoms with Crippen molar-refractivity contribution in [3.63, 3.8) is 0 Å². The number of nitrogens with zero attached hydrogens (tertiary/aromatic N) is 5. The lowest BCUT2D eigenvalue weighted by Crippen LogP contribution is -2.34. The second-order valence-corrected chi connectivity index (χ2v) is 6.56. The summed E-state index contributed by atoms with van der Waals surface area (Å²) in [6.45, 7) is 2.36. The number of piperidine rings is 1. The molecule has 0 radical (unpaired) electrons. The van der Waals surface area contributed by atoms with Crippen LogP contribution in [0.4, 0.5) is 8.78 Å². The zero-order chi connectivity index (χ0) is 17.4. The highest BCUT2D eigenvalue weighted by atomic mass is 35.5. The summed E-state index contributed by atoms with van der Waals surface area (Å²) in [6.07, 6.45) is 5.43. The van der Waals surface area contributed by atoms with E-state index in [0.717, 1.165) is 48.4 Å². The molecule has 138 valence electrons. The number of fused-ring (bicyclic) bond motifs is 1. The molecule has 1 aliphatic rings. The van der Waals surface area contributed by atoms with Gasteiger partial charge < -0.3 is 0 Å². The molecule has 8 heteroatoms. The predicted molar refractivity (Wildman–Crippen MR) is 97.2 cm³/mol. The van der Waals surface area contributed by atoms with E-state index in [1.54, 1.807) is 23.1 Å². The third-order valence-electron chi connectivity index (χ3n) is 4.77. The molecular formula is C18H20ClF2N5. The predicted octanol–water partition coefficient (Wildman–Crippen LogP) is 3.44. The Kier molecular flexibility index (Phi) is 5.48. The smallest absolute Gasteiger partial charge is 0.176 e. The van der Waals surface area contributed by atoms with Crippen LogP contribution in [-0.4, -0.2) is 37.7 Å². The van der Waals surface area contributed by atoms with Crippen LogP contribution < -0.4 is 0 Å². The lowest BCUT2D eigenvalue weighted by molar-refractivity contribution is 0.198. The number of aromatic nitrogens is 4. The summed E-state index contributed by atoms with van der Waals surface area (Å²) in [5.41, 5.74) is 3.39. The third kappa shape index (κ3) is 3.54. The third-order valence-corrected chi connectivity index (χ3v) is 4.77. The first-order chi connectivity index (χ1) is 12.1. The standard InChI is InChI=1S/C18H19F2N5.ClH/c1-24-18-17(21-6-7-22-18)16(23-24)13-3-2-8-25(11-13)10-12-4-5-14(19)15(20)9-12;/h4-7,9,13H,2-3,8,10-11H2,1H3;1H. The number of benzene rings is 1. The van der Waals surface area contributed by atoms with Gasteiger partial charge in [-0.2, -0.15) is 5.10 Å². The maximum atomic E-state index is 13.4. The molecule has 0 bridgehead atoms. The average Bonchev–Trinajstić information content (AvgIpc) is 2.96. The minimum absolute atomic E-state index is 0. The normalized spacial score (nSPS) is 18.0. The van der Waals surface area contributed by atoms with Crippen LogP contribution in [0.3, 0.4) is 0 Å². The summed E-state index contributed by atoms with van der Waals surface area (Å²) in [4.78, 5) is 11.1. The molecular weight excluding hydrogens is 360 g/mol. The summed E-state index contributed by atoms with van der Waals surface area (Å²) in [6, 6.07) is 4.11. The molecule has 1 saturated heterocycles. The summed E-state index contributed by atoms with van der Waals surface area (Å²) in [7, 11) is 1.88. The van der Waals surface area contributed by atoms with Crippen LogP contribution in [0, 0.1) is 11.6 Å². The van der Waals surface area contributed by atoms with Crippen molar-refractivity contribution in [2.45, 2.75) is 25.3 Å². The first-order valence-corrected chi connectivity index (χ1v) is 8.41. The van der Waals surface area contributed by atoms with Gasteiger partial charge in [0, 0.05) is 38.4 Å². The van der Waals surface area contributed by atoms with Crippen LogP contribution >= 0.6 is 12.4 Å². The molecule has 3 aromatic rings. The van der Waals surface area contributed by atoms with E-state index in [2.05, 4.69) is 20.0 Å². The van der Waals surface area contributed by atoms with Gasteiger partial charge in [-0.1, -0.05) is 6.07 Å². The Labute approximate surface area is 156 Å². The Morgan fingerprint density at radius 2 is 1.96 bits per heavy atom. The second kappa shape index (κ2) is 7.63. The zero-order valence-electron chi connectivity index (χ0n) is 14.4. The molecule has 1 fully saturated rings. The van der Waals surface area contributed by atoms with Gasteiger partial charge in [-0.05, 0) is 37.1 Å². The van der Waals surface area contributed by atoms with Crippen molar-refractivity contribution in [2.75, 3.05) is 13.1 Å². The number of hydrogen-bond donors (Lipinski definition) is 0. The van der Waals surface area contributed by atoms with E-state index >= 15 is 0 Å². The van der Waals surface area contributed by atoms with Crippen molar-refractivity contribution in [2.24, 2.45) is 7.05 Å². The Hall–Kier alpha value is -2.12. The fourth-order valence-corrected chi connectivity index (χ4v) is 3.60. The Bertz CT molecular complexity index is 914. The highest BCUT2D eigenvalue weighted by Crippen LogP contribution is 2.30. The van der Waals surface area contributed by atoms with Crippen molar-refractivity contribution in [1.29, 1.82) is 0 Å². The number of aryl methyl sites for hydroxylation is 1. The molecule has 0 spiro atoms. The summed E-state index contributed by atoms with van der Waals surface area (Å²) in [5, 5.41) is 4.64. The van der Waals surface area contributed by atoms with E-state index in [1.807, 2.05) is 7.05 Å². The van der Waals surface area contributed by atoms with Crippen molar-refractivity contribution >= 4 is 23.6 Å². The van der Waals surface area contributed by atoms with Crippen molar-refractivity contribution < 1.29 is 8.78 Å². The van der Waals surface area contributed by atoms with E-state index in [4.69, 9.17) is 0 Å². The quantitative estimate of drug-likeness (QED) is 0.699. The molecule has 4 rings (SSSR count). The topological polar surface area (TPSA) is 46.8 Å². The van der Waals surface area contributed by atoms with Gasteiger partial charge >= 0.3 is 0 Å². The van der Waals surface area contributed by atoms with Crippen molar-refractivity contribution in [3.8, 4) is 0 Å². The van der Waals surface area contributed by atoms with Crippen LogP contribution in [-0.2, 0) is 13.6 Å². The summed E-state index contributed by atoms with van der Waals surface area (Å²) in [5.74, 6) is -1.34. The fraction of sp³-hybridized carbons (Fsp3) is 0.389. The van der Waals surface area contributed by atoms with Crippen LogP contribution in [0.15, 0.2) is 30.6 Å². The molecule has 5 nitrogen and oxygen atoms in total. The van der Waals surface area contributed by atoms with Gasteiger partial charge in [0.1, 0.15) is 5.52 Å². The van der Waals surface area contributed by atoms with E-state index in [0.29, 0.717) is 6.54 Å². The first kappa shape index (κ1) is 18.7. The van der Waals surface area contributed by atoms with Gasteiger partial charge in [-0.15, -0.1) is 12.4 Å². The molecule has 0 aliphatic carbocycles. The van der Waals surface area contributed by atoms with Gasteiger partial charge in [0.25, 0.3) is 0 Å². The van der Waals surface area contributed by atoms with Crippen LogP contribution in [0.25, 0.3) is 11.2 Å². The Balaban J connectivity index is 0.00000196. The van der Waals surface area contributed by atoms with Gasteiger partial charge in [0.15, 0.2) is 17.3 Å². The molecule has 0 amide bonds. The SMILES string of the molecule is Cl.Cn1nc(C2CCCN(Cc3ccc(F)c(F)c3)C2)c2nccnc21. The molecule has 1 atom stereocenters. The van der Waals surface area contributed by atoms with Crippen LogP contribution in [0.1, 0.15) is 30.0 Å². The summed E-state index contributed by atoms with van der Waals surface area (Å²) < 4.78 is 28.3. The number of likely N-dealkylation sites (tertiary alicyclic amines) is 1. The lowest BCUT2D eigenvalue weighted by atomic mass is 9.94. The minimum atomic E-state index is -0.807. The second-order valence-electron chi connectivity index (χ2n) is 6.56. The first-order valence-electron chi connectivity index (χ1n) is 8.41. The van der Waals surface area contributed by atoms with E-state index in [9.17, 15) is 8.78 Å². The van der Waals surface area contributed by atoms with Crippen molar-refractivity contribution in [3.05, 3.63) is 53.5 Å². The minimum Gasteiger partial charge on any atom is -0.298 e. The Morgan fingerprint density at radius 1 is 1.15 bits per heavy atom. The van der Waals surface area contributed by atoms with Crippen molar-refractivity contribution in [1.82, 2.24) is 24.6 Å². The molecule has 2 aromatic heterocycles. The van der Waals surface area contributed by atoms with Gasteiger partial charge in [-0.3, -0.25) is 4.90 Å². The molecule has 3 heterocycles. The van der Waals surface area contributed by atoms with E-state index in [-0.39, 0.29) is 18.3 Å². The van der Waals surface area contributed by atoms with Gasteiger partial charge in [0.2, 0.25) is 0 Å². The average molecular weight is 380 g/mol. The van der Waals surface area contributed by atoms with E-state index < -0.39 is 11.6 Å². The molecule has 1 aliphatic heterocycles. The molecule has 0 N–H and O–H groups in total. The maximum Gasteiger partial charge on any atom is 0.176 e. The van der Waals surface area contributed by atoms with Gasteiger partial charge in [-0.25, -0.2) is 23.4 Å². The highest BCUT2D eigenvalue weighted by molar-refractivity contribution is 5.85. The number of halogens is 3. The van der Waals surface area contributed by atoms with Crippen LogP contribution in [0.2, 0.25) is 0 Å². The van der Waals surface area contributed by atoms with E-state index in [1.165, 1.54) is 12.1 Å². The monoisotopic (exact) mass is 379 g/mol. The molecule has 1 aromatic carbocycles. The molecule has 0 saturated carbocycles. The highest BCUT2D eigenvalue weighted by Gasteiger charge is 2.26. The molecule has 1 unspecified atom stereocenters. The maximum absolute atomic E-state index is 13.4. The lowest BCUT2D eigenvalue weighted by Gasteiger charge is -2.32. The molecule has 26 heavy (non-hydrogen) atoms. The number of rotatable bonds is 3. The summed E-state index contributed by atoms with van der Waals surface area (Å²) >= 11 is 0. The zero-order valence-corrected chi connectivity index (χ0v) is 15.2. The van der Waals surface area contributed by atoms with Crippen LogP contribution in [0.5, 0.6) is 0 Å².